The first-order valence-electron chi connectivity index (χ1n) is 6.10. The van der Waals surface area contributed by atoms with Gasteiger partial charge in [-0.05, 0) is 49.3 Å². The highest BCUT2D eigenvalue weighted by atomic mass is 35.5. The monoisotopic (exact) mass is 237 g/mol. The highest BCUT2D eigenvalue weighted by Crippen LogP contribution is 2.42. The summed E-state index contributed by atoms with van der Waals surface area (Å²) in [6, 6.07) is 6.26. The van der Waals surface area contributed by atoms with Crippen LogP contribution in [0, 0.1) is 12.8 Å². The van der Waals surface area contributed by atoms with Gasteiger partial charge in [0.15, 0.2) is 0 Å². The smallest absolute Gasteiger partial charge is 0.0438 e. The van der Waals surface area contributed by atoms with Crippen LogP contribution in [0.15, 0.2) is 18.2 Å². The summed E-state index contributed by atoms with van der Waals surface area (Å²) >= 11 is 6.17. The molecule has 2 unspecified atom stereocenters. The number of nitrogens with two attached hydrogens (primary N) is 1. The minimum absolute atomic E-state index is 0.141. The third-order valence-electron chi connectivity index (χ3n) is 3.98. The molecule has 2 heteroatoms. The maximum Gasteiger partial charge on any atom is 0.0438 e. The molecule has 2 rings (SSSR count). The predicted octanol–water partition coefficient (Wildman–Crippen LogP) is 4.01. The fraction of sp³-hybridized carbons (Fsp3) is 0.571. The molecule has 0 radical (unpaired) electrons. The van der Waals surface area contributed by atoms with Gasteiger partial charge in [-0.25, -0.2) is 0 Å². The van der Waals surface area contributed by atoms with E-state index in [0.29, 0.717) is 0 Å². The molecule has 1 aromatic rings. The van der Waals surface area contributed by atoms with Gasteiger partial charge < -0.3 is 5.73 Å². The van der Waals surface area contributed by atoms with Crippen molar-refractivity contribution in [2.75, 3.05) is 0 Å². The molecule has 0 aliphatic heterocycles. The van der Waals surface area contributed by atoms with E-state index in [9.17, 15) is 0 Å². The molecule has 0 spiro atoms. The van der Waals surface area contributed by atoms with Crippen molar-refractivity contribution in [1.29, 1.82) is 0 Å². The van der Waals surface area contributed by atoms with Crippen LogP contribution in [-0.2, 0) is 5.54 Å². The van der Waals surface area contributed by atoms with Gasteiger partial charge >= 0.3 is 0 Å². The molecule has 1 saturated carbocycles. The van der Waals surface area contributed by atoms with E-state index in [4.69, 9.17) is 17.3 Å². The summed E-state index contributed by atoms with van der Waals surface area (Å²) in [6.07, 6.45) is 4.67. The number of aryl methyl sites for hydroxylation is 1. The Morgan fingerprint density at radius 1 is 1.50 bits per heavy atom. The predicted molar refractivity (Wildman–Crippen MR) is 69.7 cm³/mol. The maximum atomic E-state index is 6.51. The van der Waals surface area contributed by atoms with E-state index in [1.54, 1.807) is 0 Å². The van der Waals surface area contributed by atoms with Crippen LogP contribution >= 0.6 is 11.6 Å². The zero-order valence-corrected chi connectivity index (χ0v) is 10.8. The fourth-order valence-electron chi connectivity index (χ4n) is 2.69. The fourth-order valence-corrected chi connectivity index (χ4v) is 2.87. The van der Waals surface area contributed by atoms with Gasteiger partial charge in [-0.2, -0.15) is 0 Å². The highest BCUT2D eigenvalue weighted by Gasteiger charge is 2.36. The van der Waals surface area contributed by atoms with Crippen molar-refractivity contribution in [2.24, 2.45) is 11.7 Å². The van der Waals surface area contributed by atoms with Crippen molar-refractivity contribution in [1.82, 2.24) is 0 Å². The van der Waals surface area contributed by atoms with Crippen molar-refractivity contribution in [3.63, 3.8) is 0 Å². The van der Waals surface area contributed by atoms with Gasteiger partial charge in [0.1, 0.15) is 0 Å². The Kier molecular flexibility index (Phi) is 3.27. The highest BCUT2D eigenvalue weighted by molar-refractivity contribution is 6.31. The standard InChI is InChI=1S/C14H20ClN/c1-3-11-6-7-14(16,9-11)12-5-4-10(2)13(15)8-12/h4-5,8,11H,3,6-7,9,16H2,1-2H3. The number of benzene rings is 1. The van der Waals surface area contributed by atoms with E-state index >= 15 is 0 Å². The number of halogens is 1. The first-order chi connectivity index (χ1) is 7.55. The molecule has 1 fully saturated rings. The Morgan fingerprint density at radius 3 is 2.81 bits per heavy atom. The topological polar surface area (TPSA) is 26.0 Å². The third-order valence-corrected chi connectivity index (χ3v) is 4.38. The van der Waals surface area contributed by atoms with Crippen LogP contribution in [-0.4, -0.2) is 0 Å². The molecule has 1 nitrogen and oxygen atoms in total. The molecule has 1 aromatic carbocycles. The van der Waals surface area contributed by atoms with E-state index < -0.39 is 0 Å². The number of rotatable bonds is 2. The molecule has 0 aromatic heterocycles. The minimum Gasteiger partial charge on any atom is -0.321 e. The van der Waals surface area contributed by atoms with Gasteiger partial charge in [-0.3, -0.25) is 0 Å². The molecule has 0 heterocycles. The van der Waals surface area contributed by atoms with Gasteiger partial charge in [-0.1, -0.05) is 37.1 Å². The SMILES string of the molecule is CCC1CCC(N)(c2ccc(C)c(Cl)c2)C1. The van der Waals surface area contributed by atoms with Gasteiger partial charge in [0.05, 0.1) is 0 Å². The average Bonchev–Trinajstić information content (AvgIpc) is 2.66. The molecule has 0 bridgehead atoms. The summed E-state index contributed by atoms with van der Waals surface area (Å²) in [7, 11) is 0. The van der Waals surface area contributed by atoms with Crippen LogP contribution in [0.5, 0.6) is 0 Å². The van der Waals surface area contributed by atoms with E-state index in [0.717, 1.165) is 29.3 Å². The van der Waals surface area contributed by atoms with Crippen LogP contribution in [0.3, 0.4) is 0 Å². The molecule has 16 heavy (non-hydrogen) atoms. The van der Waals surface area contributed by atoms with Crippen LogP contribution in [0.2, 0.25) is 5.02 Å². The molecule has 0 saturated heterocycles. The molecule has 2 atom stereocenters. The van der Waals surface area contributed by atoms with Crippen molar-refractivity contribution < 1.29 is 0 Å². The third kappa shape index (κ3) is 2.11. The number of hydrogen-bond acceptors (Lipinski definition) is 1. The summed E-state index contributed by atoms with van der Waals surface area (Å²) in [6.45, 7) is 4.28. The van der Waals surface area contributed by atoms with Gasteiger partial charge in [0.2, 0.25) is 0 Å². The second-order valence-electron chi connectivity index (χ2n) is 5.14. The Balaban J connectivity index is 2.27. The van der Waals surface area contributed by atoms with Gasteiger partial charge in [0.25, 0.3) is 0 Å². The lowest BCUT2D eigenvalue weighted by atomic mass is 9.87. The van der Waals surface area contributed by atoms with E-state index in [1.165, 1.54) is 18.4 Å². The normalized spacial score (nSPS) is 29.6. The van der Waals surface area contributed by atoms with Gasteiger partial charge in [0, 0.05) is 10.6 Å². The molecular weight excluding hydrogens is 218 g/mol. The summed E-state index contributed by atoms with van der Waals surface area (Å²) in [5.74, 6) is 0.782. The maximum absolute atomic E-state index is 6.51. The first kappa shape index (κ1) is 11.9. The first-order valence-corrected chi connectivity index (χ1v) is 6.48. The summed E-state index contributed by atoms with van der Waals surface area (Å²) in [5, 5.41) is 0.835. The minimum atomic E-state index is -0.141. The lowest BCUT2D eigenvalue weighted by Crippen LogP contribution is -2.33. The molecular formula is C14H20ClN. The summed E-state index contributed by atoms with van der Waals surface area (Å²) < 4.78 is 0. The lowest BCUT2D eigenvalue weighted by molar-refractivity contribution is 0.424. The molecule has 2 N–H and O–H groups in total. The van der Waals surface area contributed by atoms with Crippen molar-refractivity contribution in [2.45, 2.75) is 45.1 Å². The zero-order chi connectivity index (χ0) is 11.8. The van der Waals surface area contributed by atoms with Gasteiger partial charge in [-0.15, -0.1) is 0 Å². The van der Waals surface area contributed by atoms with Crippen molar-refractivity contribution in [3.8, 4) is 0 Å². The Labute approximate surface area is 103 Å². The molecule has 0 amide bonds. The van der Waals surface area contributed by atoms with Crippen LogP contribution in [0.4, 0.5) is 0 Å². The molecule has 88 valence electrons. The van der Waals surface area contributed by atoms with Crippen LogP contribution in [0.25, 0.3) is 0 Å². The summed E-state index contributed by atoms with van der Waals surface area (Å²) in [5.41, 5.74) is 8.70. The Hall–Kier alpha value is -0.530. The Bertz CT molecular complexity index is 388. The van der Waals surface area contributed by atoms with E-state index in [2.05, 4.69) is 25.1 Å². The molecule has 1 aliphatic carbocycles. The number of hydrogen-bond donors (Lipinski definition) is 1. The van der Waals surface area contributed by atoms with Crippen LogP contribution < -0.4 is 5.73 Å². The Morgan fingerprint density at radius 2 is 2.25 bits per heavy atom. The average molecular weight is 238 g/mol. The lowest BCUT2D eigenvalue weighted by Gasteiger charge is -2.25. The molecule has 1 aliphatic rings. The quantitative estimate of drug-likeness (QED) is 0.826. The largest absolute Gasteiger partial charge is 0.321 e. The second-order valence-corrected chi connectivity index (χ2v) is 5.54. The summed E-state index contributed by atoms with van der Waals surface area (Å²) in [4.78, 5) is 0. The zero-order valence-electron chi connectivity index (χ0n) is 10.1. The second kappa shape index (κ2) is 4.38. The van der Waals surface area contributed by atoms with Crippen molar-refractivity contribution >= 4 is 11.6 Å². The van der Waals surface area contributed by atoms with Crippen LogP contribution in [0.1, 0.15) is 43.7 Å². The van der Waals surface area contributed by atoms with Crippen molar-refractivity contribution in [3.05, 3.63) is 34.3 Å². The van der Waals surface area contributed by atoms with E-state index in [-0.39, 0.29) is 5.54 Å². The van der Waals surface area contributed by atoms with E-state index in [1.807, 2.05) is 6.92 Å².